The Labute approximate surface area is 167 Å². The van der Waals surface area contributed by atoms with Crippen LogP contribution >= 0.6 is 27.7 Å². The van der Waals surface area contributed by atoms with Gasteiger partial charge in [0.05, 0.1) is 26.0 Å². The Morgan fingerprint density at radius 3 is 2.42 bits per heavy atom. The van der Waals surface area contributed by atoms with Crippen LogP contribution in [0.15, 0.2) is 46.9 Å². The minimum atomic E-state index is -0.0458. The number of amides is 1. The molecule has 140 valence electrons. The summed E-state index contributed by atoms with van der Waals surface area (Å²) in [4.78, 5) is 12.3. The van der Waals surface area contributed by atoms with Crippen molar-refractivity contribution in [3.8, 4) is 11.5 Å². The second kappa shape index (κ2) is 10.5. The lowest BCUT2D eigenvalue weighted by Gasteiger charge is -2.19. The molecule has 1 unspecified atom stereocenters. The van der Waals surface area contributed by atoms with Crippen molar-refractivity contribution in [2.75, 3.05) is 20.0 Å². The molecule has 6 heteroatoms. The summed E-state index contributed by atoms with van der Waals surface area (Å²) in [6, 6.07) is 13.9. The van der Waals surface area contributed by atoms with Crippen LogP contribution in [0.1, 0.15) is 30.5 Å². The third-order valence-electron chi connectivity index (χ3n) is 3.97. The first kappa shape index (κ1) is 20.6. The molecule has 0 heterocycles. The summed E-state index contributed by atoms with van der Waals surface area (Å²) in [6.07, 6.45) is 0.804. The maximum Gasteiger partial charge on any atom is 0.230 e. The molecule has 0 aliphatic heterocycles. The summed E-state index contributed by atoms with van der Waals surface area (Å²) in [7, 11) is 3.22. The van der Waals surface area contributed by atoms with Crippen LogP contribution in [0.3, 0.4) is 0 Å². The molecule has 26 heavy (non-hydrogen) atoms. The van der Waals surface area contributed by atoms with E-state index < -0.39 is 0 Å². The molecule has 2 aromatic rings. The van der Waals surface area contributed by atoms with E-state index in [9.17, 15) is 4.79 Å². The second-order valence-electron chi connectivity index (χ2n) is 5.76. The fraction of sp³-hybridized carbons (Fsp3) is 0.350. The van der Waals surface area contributed by atoms with E-state index in [4.69, 9.17) is 9.47 Å². The minimum Gasteiger partial charge on any atom is -0.493 e. The molecule has 0 aromatic heterocycles. The highest BCUT2D eigenvalue weighted by Gasteiger charge is 2.15. The van der Waals surface area contributed by atoms with Gasteiger partial charge in [0.2, 0.25) is 5.91 Å². The van der Waals surface area contributed by atoms with Crippen LogP contribution in [0, 0.1) is 0 Å². The number of ether oxygens (including phenoxy) is 2. The maximum absolute atomic E-state index is 12.3. The fourth-order valence-electron chi connectivity index (χ4n) is 2.57. The summed E-state index contributed by atoms with van der Waals surface area (Å²) >= 11 is 5.04. The Morgan fingerprint density at radius 1 is 1.12 bits per heavy atom. The molecule has 0 bridgehead atoms. The Morgan fingerprint density at radius 2 is 1.81 bits per heavy atom. The van der Waals surface area contributed by atoms with E-state index in [0.717, 1.165) is 22.2 Å². The quantitative estimate of drug-likeness (QED) is 0.601. The number of hydrogen-bond acceptors (Lipinski definition) is 4. The van der Waals surface area contributed by atoms with Crippen LogP contribution < -0.4 is 14.8 Å². The number of hydrogen-bond donors (Lipinski definition) is 1. The van der Waals surface area contributed by atoms with Gasteiger partial charge in [0.25, 0.3) is 0 Å². The van der Waals surface area contributed by atoms with Gasteiger partial charge in [-0.1, -0.05) is 41.1 Å². The van der Waals surface area contributed by atoms with Gasteiger partial charge < -0.3 is 14.8 Å². The Kier molecular flexibility index (Phi) is 8.32. The van der Waals surface area contributed by atoms with Crippen LogP contribution in [-0.4, -0.2) is 25.9 Å². The number of rotatable bonds is 9. The van der Waals surface area contributed by atoms with E-state index >= 15 is 0 Å². The predicted molar refractivity (Wildman–Crippen MR) is 111 cm³/mol. The lowest BCUT2D eigenvalue weighted by Crippen LogP contribution is -2.29. The van der Waals surface area contributed by atoms with Crippen LogP contribution in [0.5, 0.6) is 11.5 Å². The topological polar surface area (TPSA) is 47.6 Å². The highest BCUT2D eigenvalue weighted by molar-refractivity contribution is 9.10. The maximum atomic E-state index is 12.3. The first-order valence-corrected chi connectivity index (χ1v) is 10.4. The number of halogens is 1. The van der Waals surface area contributed by atoms with Gasteiger partial charge in [0.1, 0.15) is 0 Å². The third-order valence-corrected chi connectivity index (χ3v) is 5.50. The lowest BCUT2D eigenvalue weighted by molar-refractivity contribution is -0.119. The predicted octanol–water partition coefficient (Wildman–Crippen LogP) is 4.97. The zero-order valence-electron chi connectivity index (χ0n) is 15.3. The van der Waals surface area contributed by atoms with Gasteiger partial charge in [-0.05, 0) is 41.8 Å². The highest BCUT2D eigenvalue weighted by Crippen LogP contribution is 2.31. The van der Waals surface area contributed by atoms with Crippen molar-refractivity contribution in [3.63, 3.8) is 0 Å². The zero-order valence-corrected chi connectivity index (χ0v) is 17.7. The molecule has 2 rings (SSSR count). The molecule has 1 amide bonds. The zero-order chi connectivity index (χ0) is 18.9. The molecule has 1 atom stereocenters. The van der Waals surface area contributed by atoms with Gasteiger partial charge in [-0.15, -0.1) is 11.8 Å². The SMILES string of the molecule is CCC(NC(=O)CSCc1ccc(Br)cc1)c1ccc(OC)c(OC)c1. The van der Waals surface area contributed by atoms with Crippen molar-refractivity contribution in [1.82, 2.24) is 5.32 Å². The van der Waals surface area contributed by atoms with Gasteiger partial charge >= 0.3 is 0 Å². The van der Waals surface area contributed by atoms with Gasteiger partial charge in [-0.2, -0.15) is 0 Å². The highest BCUT2D eigenvalue weighted by atomic mass is 79.9. The van der Waals surface area contributed by atoms with Crippen molar-refractivity contribution in [1.29, 1.82) is 0 Å². The van der Waals surface area contributed by atoms with Crippen LogP contribution in [0.2, 0.25) is 0 Å². The largest absolute Gasteiger partial charge is 0.493 e. The summed E-state index contributed by atoms with van der Waals surface area (Å²) in [6.45, 7) is 2.05. The Balaban J connectivity index is 1.90. The van der Waals surface area contributed by atoms with E-state index in [1.54, 1.807) is 26.0 Å². The van der Waals surface area contributed by atoms with Gasteiger partial charge in [-0.25, -0.2) is 0 Å². The molecule has 1 N–H and O–H groups in total. The molecule has 0 saturated carbocycles. The lowest BCUT2D eigenvalue weighted by atomic mass is 10.0. The average molecular weight is 438 g/mol. The summed E-state index contributed by atoms with van der Waals surface area (Å²) < 4.78 is 11.7. The molecule has 0 aliphatic rings. The molecule has 0 radical (unpaired) electrons. The third kappa shape index (κ3) is 5.95. The smallest absolute Gasteiger partial charge is 0.230 e. The summed E-state index contributed by atoms with van der Waals surface area (Å²) in [5.74, 6) is 2.63. The number of benzene rings is 2. The number of carbonyl (C=O) groups excluding carboxylic acids is 1. The van der Waals surface area contributed by atoms with Crippen LogP contribution in [0.4, 0.5) is 0 Å². The average Bonchev–Trinajstić information content (AvgIpc) is 2.67. The molecule has 0 saturated heterocycles. The molecular formula is C20H24BrNO3S. The van der Waals surface area contributed by atoms with E-state index in [1.165, 1.54) is 5.56 Å². The van der Waals surface area contributed by atoms with E-state index in [0.29, 0.717) is 17.3 Å². The molecule has 4 nitrogen and oxygen atoms in total. The first-order valence-electron chi connectivity index (χ1n) is 8.40. The first-order chi connectivity index (χ1) is 12.6. The molecule has 2 aromatic carbocycles. The molecule has 0 aliphatic carbocycles. The fourth-order valence-corrected chi connectivity index (χ4v) is 3.63. The van der Waals surface area contributed by atoms with Crippen LogP contribution in [-0.2, 0) is 10.5 Å². The number of nitrogens with one attached hydrogen (secondary N) is 1. The van der Waals surface area contributed by atoms with Crippen molar-refractivity contribution in [3.05, 3.63) is 58.1 Å². The van der Waals surface area contributed by atoms with Gasteiger partial charge in [0, 0.05) is 10.2 Å². The summed E-state index contributed by atoms with van der Waals surface area (Å²) in [5, 5.41) is 3.10. The van der Waals surface area contributed by atoms with Crippen molar-refractivity contribution >= 4 is 33.6 Å². The number of methoxy groups -OCH3 is 2. The van der Waals surface area contributed by atoms with Crippen LogP contribution in [0.25, 0.3) is 0 Å². The normalized spacial score (nSPS) is 11.7. The monoisotopic (exact) mass is 437 g/mol. The Bertz CT molecular complexity index is 721. The minimum absolute atomic E-state index is 0.0359. The number of thioether (sulfide) groups is 1. The summed E-state index contributed by atoms with van der Waals surface area (Å²) in [5.41, 5.74) is 2.22. The van der Waals surface area contributed by atoms with E-state index in [-0.39, 0.29) is 11.9 Å². The van der Waals surface area contributed by atoms with Crippen molar-refractivity contribution < 1.29 is 14.3 Å². The van der Waals surface area contributed by atoms with Crippen molar-refractivity contribution in [2.24, 2.45) is 0 Å². The number of carbonyl (C=O) groups is 1. The van der Waals surface area contributed by atoms with E-state index in [1.807, 2.05) is 30.3 Å². The van der Waals surface area contributed by atoms with Gasteiger partial charge in [-0.3, -0.25) is 4.79 Å². The van der Waals surface area contributed by atoms with E-state index in [2.05, 4.69) is 40.3 Å². The standard InChI is InChI=1S/C20H24BrNO3S/c1-4-17(15-7-10-18(24-2)19(11-15)25-3)22-20(23)13-26-12-14-5-8-16(21)9-6-14/h5-11,17H,4,12-13H2,1-3H3,(H,22,23). The second-order valence-corrected chi connectivity index (χ2v) is 7.66. The van der Waals surface area contributed by atoms with Gasteiger partial charge in [0.15, 0.2) is 11.5 Å². The molecule has 0 spiro atoms. The van der Waals surface area contributed by atoms with Crippen molar-refractivity contribution in [2.45, 2.75) is 25.1 Å². The Hall–Kier alpha value is -1.66. The molecule has 0 fully saturated rings. The molecular weight excluding hydrogens is 414 g/mol.